The Labute approximate surface area is 148 Å². The molecule has 0 aromatic carbocycles. The lowest BCUT2D eigenvalue weighted by atomic mass is 10.1. The highest BCUT2D eigenvalue weighted by atomic mass is 16.6. The average molecular weight is 350 g/mol. The fourth-order valence-electron chi connectivity index (χ4n) is 1.72. The highest BCUT2D eigenvalue weighted by Crippen LogP contribution is 1.98. The van der Waals surface area contributed by atoms with E-state index in [1.54, 1.807) is 0 Å². The van der Waals surface area contributed by atoms with E-state index in [-0.39, 0.29) is 0 Å². The third kappa shape index (κ3) is 21.8. The summed E-state index contributed by atoms with van der Waals surface area (Å²) < 4.78 is 27.2. The lowest BCUT2D eigenvalue weighted by Crippen LogP contribution is -2.27. The minimum atomic E-state index is 0.503. The largest absolute Gasteiger partial charge is 0.379 e. The molecule has 146 valence electrons. The predicted molar refractivity (Wildman–Crippen MR) is 96.7 cm³/mol. The maximum atomic E-state index is 5.46. The van der Waals surface area contributed by atoms with E-state index in [9.17, 15) is 0 Å². The highest BCUT2D eigenvalue weighted by molar-refractivity contribution is 4.50. The molecule has 0 heterocycles. The summed E-state index contributed by atoms with van der Waals surface area (Å²) in [5.41, 5.74) is 0. The van der Waals surface area contributed by atoms with Crippen LogP contribution in [0.25, 0.3) is 0 Å². The van der Waals surface area contributed by atoms with Gasteiger partial charge in [0.25, 0.3) is 0 Å². The van der Waals surface area contributed by atoms with E-state index in [4.69, 9.17) is 23.7 Å². The first-order valence-corrected chi connectivity index (χ1v) is 9.25. The van der Waals surface area contributed by atoms with Gasteiger partial charge in [-0.05, 0) is 12.3 Å². The molecule has 6 heteroatoms. The van der Waals surface area contributed by atoms with Crippen LogP contribution in [0, 0.1) is 5.92 Å². The van der Waals surface area contributed by atoms with Gasteiger partial charge in [-0.3, -0.25) is 0 Å². The Morgan fingerprint density at radius 1 is 0.542 bits per heavy atom. The fraction of sp³-hybridized carbons (Fsp3) is 1.00. The minimum absolute atomic E-state index is 0.503. The zero-order valence-corrected chi connectivity index (χ0v) is 16.2. The third-order valence-corrected chi connectivity index (χ3v) is 3.13. The fourth-order valence-corrected chi connectivity index (χ4v) is 1.72. The van der Waals surface area contributed by atoms with Gasteiger partial charge in [0.05, 0.1) is 59.5 Å². The van der Waals surface area contributed by atoms with Gasteiger partial charge in [0, 0.05) is 19.2 Å². The monoisotopic (exact) mass is 349 g/mol. The van der Waals surface area contributed by atoms with Gasteiger partial charge >= 0.3 is 0 Å². The maximum absolute atomic E-state index is 5.46. The predicted octanol–water partition coefficient (Wildman–Crippen LogP) is 2.11. The topological polar surface area (TPSA) is 58.2 Å². The molecule has 0 atom stereocenters. The van der Waals surface area contributed by atoms with Crippen LogP contribution in [0.5, 0.6) is 0 Å². The third-order valence-electron chi connectivity index (χ3n) is 3.13. The molecule has 0 rings (SSSR count). The maximum Gasteiger partial charge on any atom is 0.0701 e. The lowest BCUT2D eigenvalue weighted by Gasteiger charge is -2.09. The molecule has 0 bridgehead atoms. The number of nitrogens with one attached hydrogen (secondary N) is 1. The second-order valence-electron chi connectivity index (χ2n) is 6.35. The zero-order valence-electron chi connectivity index (χ0n) is 16.2. The smallest absolute Gasteiger partial charge is 0.0701 e. The molecule has 0 aliphatic rings. The van der Waals surface area contributed by atoms with Crippen LogP contribution in [-0.2, 0) is 23.7 Å². The van der Waals surface area contributed by atoms with E-state index >= 15 is 0 Å². The van der Waals surface area contributed by atoms with Crippen LogP contribution in [-0.4, -0.2) is 78.7 Å². The summed E-state index contributed by atoms with van der Waals surface area (Å²) in [5.74, 6) is 0.690. The summed E-state index contributed by atoms with van der Waals surface area (Å²) in [5, 5.41) is 3.29. The minimum Gasteiger partial charge on any atom is -0.379 e. The van der Waals surface area contributed by atoms with Crippen molar-refractivity contribution in [3.8, 4) is 0 Å². The average Bonchev–Trinajstić information content (AvgIpc) is 2.53. The van der Waals surface area contributed by atoms with Crippen molar-refractivity contribution in [2.45, 2.75) is 40.2 Å². The van der Waals surface area contributed by atoms with Gasteiger partial charge in [0.2, 0.25) is 0 Å². The van der Waals surface area contributed by atoms with Gasteiger partial charge in [0.15, 0.2) is 0 Å². The van der Waals surface area contributed by atoms with E-state index in [2.05, 4.69) is 33.0 Å². The van der Waals surface area contributed by atoms with Gasteiger partial charge in [0.1, 0.15) is 0 Å². The van der Waals surface area contributed by atoms with Gasteiger partial charge in [-0.2, -0.15) is 0 Å². The molecule has 0 amide bonds. The van der Waals surface area contributed by atoms with Crippen LogP contribution in [0.15, 0.2) is 0 Å². The molecule has 0 radical (unpaired) electrons. The van der Waals surface area contributed by atoms with Crippen molar-refractivity contribution in [3.63, 3.8) is 0 Å². The second kappa shape index (κ2) is 19.1. The van der Waals surface area contributed by atoms with Crippen molar-refractivity contribution < 1.29 is 23.7 Å². The molecule has 6 nitrogen and oxygen atoms in total. The highest BCUT2D eigenvalue weighted by Gasteiger charge is 1.95. The van der Waals surface area contributed by atoms with Gasteiger partial charge in [-0.15, -0.1) is 0 Å². The summed E-state index contributed by atoms with van der Waals surface area (Å²) in [6, 6.07) is 0.503. The van der Waals surface area contributed by atoms with Crippen molar-refractivity contribution in [1.29, 1.82) is 0 Å². The number of rotatable bonds is 19. The molecule has 0 fully saturated rings. The number of hydrogen-bond donors (Lipinski definition) is 1. The SMILES string of the molecule is CC(C)CCOCCOCCOCCOCCOCCNC(C)C. The van der Waals surface area contributed by atoms with Crippen LogP contribution in [0.1, 0.15) is 34.1 Å². The Morgan fingerprint density at radius 3 is 1.29 bits per heavy atom. The molecular formula is C18H39NO5. The molecule has 0 saturated heterocycles. The molecule has 24 heavy (non-hydrogen) atoms. The van der Waals surface area contributed by atoms with Gasteiger partial charge < -0.3 is 29.0 Å². The van der Waals surface area contributed by atoms with Gasteiger partial charge in [-0.25, -0.2) is 0 Å². The summed E-state index contributed by atoms with van der Waals surface area (Å²) in [7, 11) is 0. The van der Waals surface area contributed by atoms with E-state index in [1.165, 1.54) is 0 Å². The number of hydrogen-bond acceptors (Lipinski definition) is 6. The Bertz CT molecular complexity index is 215. The number of ether oxygens (including phenoxy) is 5. The summed E-state index contributed by atoms with van der Waals surface area (Å²) in [4.78, 5) is 0. The van der Waals surface area contributed by atoms with Gasteiger partial charge in [-0.1, -0.05) is 27.7 Å². The Morgan fingerprint density at radius 2 is 0.917 bits per heavy atom. The molecule has 0 saturated carbocycles. The zero-order chi connectivity index (χ0) is 17.9. The molecular weight excluding hydrogens is 310 g/mol. The van der Waals surface area contributed by atoms with Crippen molar-refractivity contribution in [3.05, 3.63) is 0 Å². The summed E-state index contributed by atoms with van der Waals surface area (Å²) >= 11 is 0. The molecule has 0 aromatic heterocycles. The van der Waals surface area contributed by atoms with Crippen LogP contribution >= 0.6 is 0 Å². The van der Waals surface area contributed by atoms with Crippen molar-refractivity contribution in [2.75, 3.05) is 72.6 Å². The first kappa shape index (κ1) is 23.8. The van der Waals surface area contributed by atoms with Crippen molar-refractivity contribution in [1.82, 2.24) is 5.32 Å². The molecule has 0 spiro atoms. The molecule has 0 aromatic rings. The normalized spacial score (nSPS) is 11.8. The summed E-state index contributed by atoms with van der Waals surface area (Å²) in [6.07, 6.45) is 1.10. The first-order chi connectivity index (χ1) is 11.6. The molecule has 0 aliphatic heterocycles. The lowest BCUT2D eigenvalue weighted by molar-refractivity contribution is -0.0114. The molecule has 0 aliphatic carbocycles. The standard InChI is InChI=1S/C18H39NO5/c1-17(2)5-7-20-9-11-22-13-15-24-16-14-23-12-10-21-8-6-19-18(3)4/h17-19H,5-16H2,1-4H3. The molecule has 1 N–H and O–H groups in total. The van der Waals surface area contributed by atoms with Crippen LogP contribution in [0.3, 0.4) is 0 Å². The second-order valence-corrected chi connectivity index (χ2v) is 6.35. The molecule has 0 unspecified atom stereocenters. The van der Waals surface area contributed by atoms with Crippen molar-refractivity contribution in [2.24, 2.45) is 5.92 Å². The van der Waals surface area contributed by atoms with Crippen LogP contribution in [0.4, 0.5) is 0 Å². The quantitative estimate of drug-likeness (QED) is 0.361. The Balaban J connectivity index is 2.98. The van der Waals surface area contributed by atoms with Crippen LogP contribution in [0.2, 0.25) is 0 Å². The van der Waals surface area contributed by atoms with E-state index in [0.29, 0.717) is 64.8 Å². The summed E-state index contributed by atoms with van der Waals surface area (Å²) in [6.45, 7) is 15.9. The van der Waals surface area contributed by atoms with E-state index < -0.39 is 0 Å². The van der Waals surface area contributed by atoms with E-state index in [0.717, 1.165) is 26.2 Å². The van der Waals surface area contributed by atoms with Crippen molar-refractivity contribution >= 4 is 0 Å². The van der Waals surface area contributed by atoms with Crippen LogP contribution < -0.4 is 5.32 Å². The Hall–Kier alpha value is -0.240. The first-order valence-electron chi connectivity index (χ1n) is 9.25. The van der Waals surface area contributed by atoms with E-state index in [1.807, 2.05) is 0 Å². The Kier molecular flexibility index (Phi) is 18.9.